The number of piperazine rings is 1. The van der Waals surface area contributed by atoms with E-state index < -0.39 is 0 Å². The maximum absolute atomic E-state index is 13.4. The summed E-state index contributed by atoms with van der Waals surface area (Å²) in [5.74, 6) is 1.90. The molecule has 186 valence electrons. The first-order chi connectivity index (χ1) is 17.1. The summed E-state index contributed by atoms with van der Waals surface area (Å²) >= 11 is 1.78. The Labute approximate surface area is 212 Å². The average Bonchev–Trinajstić information content (AvgIpc) is 3.42. The van der Waals surface area contributed by atoms with E-state index in [1.807, 2.05) is 29.2 Å². The third-order valence-corrected chi connectivity index (χ3v) is 7.55. The molecule has 1 atom stereocenters. The molecule has 1 aliphatic rings. The van der Waals surface area contributed by atoms with Crippen LogP contribution in [0.2, 0.25) is 0 Å². The van der Waals surface area contributed by atoms with Crippen LogP contribution in [0.15, 0.2) is 66.0 Å². The summed E-state index contributed by atoms with van der Waals surface area (Å²) in [6, 6.07) is 20.8. The lowest BCUT2D eigenvalue weighted by Crippen LogP contribution is -2.52. The van der Waals surface area contributed by atoms with Crippen molar-refractivity contribution in [3.63, 3.8) is 0 Å². The number of hydrogen-bond donors (Lipinski definition) is 0. The lowest BCUT2D eigenvalue weighted by atomic mass is 10.1. The number of carbonyl (C=O) groups is 1. The Morgan fingerprint density at radius 3 is 2.14 bits per heavy atom. The molecule has 2 aromatic carbocycles. The van der Waals surface area contributed by atoms with Gasteiger partial charge in [0.25, 0.3) is 0 Å². The van der Waals surface area contributed by atoms with Crippen LogP contribution in [0.1, 0.15) is 17.4 Å². The predicted octanol–water partition coefficient (Wildman–Crippen LogP) is 4.55. The Balaban J connectivity index is 1.38. The number of ether oxygens (including phenoxy) is 2. The number of carbonyl (C=O) groups excluding carboxylic acids is 1. The molecule has 6 nitrogen and oxygen atoms in total. The molecule has 2 heterocycles. The highest BCUT2D eigenvalue weighted by molar-refractivity contribution is 7.09. The third-order valence-electron chi connectivity index (χ3n) is 6.65. The van der Waals surface area contributed by atoms with Crippen molar-refractivity contribution in [3.05, 3.63) is 76.5 Å². The van der Waals surface area contributed by atoms with Crippen LogP contribution in [0, 0.1) is 0 Å². The van der Waals surface area contributed by atoms with E-state index in [0.717, 1.165) is 50.6 Å². The Hall–Kier alpha value is -3.03. The van der Waals surface area contributed by atoms with E-state index in [0.29, 0.717) is 6.54 Å². The van der Waals surface area contributed by atoms with Crippen molar-refractivity contribution in [2.75, 3.05) is 51.8 Å². The molecular formula is C28H35N3O3S. The number of anilines is 1. The van der Waals surface area contributed by atoms with Gasteiger partial charge in [-0.25, -0.2) is 0 Å². The molecule has 1 aromatic heterocycles. The molecule has 0 aliphatic carbocycles. The van der Waals surface area contributed by atoms with Crippen molar-refractivity contribution in [2.24, 2.45) is 0 Å². The highest BCUT2D eigenvalue weighted by Gasteiger charge is 2.25. The number of rotatable bonds is 10. The Kier molecular flexibility index (Phi) is 8.66. The third kappa shape index (κ3) is 6.77. The Morgan fingerprint density at radius 1 is 0.943 bits per heavy atom. The van der Waals surface area contributed by atoms with Crippen molar-refractivity contribution < 1.29 is 14.3 Å². The topological polar surface area (TPSA) is 45.2 Å². The molecule has 1 fully saturated rings. The lowest BCUT2D eigenvalue weighted by molar-refractivity contribution is -0.133. The smallest absolute Gasteiger partial charge is 0.236 e. The second-order valence-electron chi connectivity index (χ2n) is 8.95. The molecule has 1 aliphatic heterocycles. The molecule has 1 saturated heterocycles. The van der Waals surface area contributed by atoms with Crippen LogP contribution >= 0.6 is 11.3 Å². The maximum Gasteiger partial charge on any atom is 0.236 e. The largest absolute Gasteiger partial charge is 0.497 e. The van der Waals surface area contributed by atoms with E-state index in [1.165, 1.54) is 16.1 Å². The van der Waals surface area contributed by atoms with Crippen LogP contribution in [-0.4, -0.2) is 68.7 Å². The van der Waals surface area contributed by atoms with Gasteiger partial charge in [0.05, 0.1) is 20.8 Å². The maximum atomic E-state index is 13.4. The van der Waals surface area contributed by atoms with Crippen LogP contribution in [0.4, 0.5) is 5.69 Å². The standard InChI is InChI=1S/C28H35N3O3S/c1-22(19-27-5-4-18-35-27)31(20-23-6-10-25(33-2)11-7-23)21-28(32)30-16-14-29(15-17-30)24-8-12-26(34-3)13-9-24/h4-13,18,22H,14-17,19-21H2,1-3H3/t22-/m0/s1. The minimum absolute atomic E-state index is 0.200. The molecule has 3 aromatic rings. The number of benzene rings is 2. The van der Waals surface area contributed by atoms with Gasteiger partial charge < -0.3 is 19.3 Å². The zero-order valence-corrected chi connectivity index (χ0v) is 21.7. The summed E-state index contributed by atoms with van der Waals surface area (Å²) in [4.78, 5) is 21.4. The van der Waals surface area contributed by atoms with Gasteiger partial charge in [0.2, 0.25) is 5.91 Å². The van der Waals surface area contributed by atoms with Gasteiger partial charge in [0, 0.05) is 49.3 Å². The van der Waals surface area contributed by atoms with Gasteiger partial charge in [-0.1, -0.05) is 18.2 Å². The summed E-state index contributed by atoms with van der Waals surface area (Å²) in [5, 5.41) is 2.11. The van der Waals surface area contributed by atoms with Crippen LogP contribution in [0.25, 0.3) is 0 Å². The van der Waals surface area contributed by atoms with Gasteiger partial charge in [-0.2, -0.15) is 0 Å². The summed E-state index contributed by atoms with van der Waals surface area (Å²) in [7, 11) is 3.36. The second-order valence-corrected chi connectivity index (χ2v) is 9.98. The first-order valence-corrected chi connectivity index (χ1v) is 13.0. The molecule has 35 heavy (non-hydrogen) atoms. The first kappa shape index (κ1) is 25.1. The molecule has 7 heteroatoms. The fraction of sp³-hybridized carbons (Fsp3) is 0.393. The van der Waals surface area contributed by atoms with E-state index in [-0.39, 0.29) is 11.9 Å². The van der Waals surface area contributed by atoms with Crippen LogP contribution < -0.4 is 14.4 Å². The highest BCUT2D eigenvalue weighted by atomic mass is 32.1. The van der Waals surface area contributed by atoms with E-state index in [9.17, 15) is 4.79 Å². The van der Waals surface area contributed by atoms with Gasteiger partial charge in [-0.15, -0.1) is 11.3 Å². The van der Waals surface area contributed by atoms with Gasteiger partial charge in [0.15, 0.2) is 0 Å². The van der Waals surface area contributed by atoms with Crippen molar-refractivity contribution in [1.82, 2.24) is 9.80 Å². The van der Waals surface area contributed by atoms with E-state index in [4.69, 9.17) is 9.47 Å². The van der Waals surface area contributed by atoms with E-state index in [2.05, 4.69) is 58.5 Å². The summed E-state index contributed by atoms with van der Waals surface area (Å²) in [6.07, 6.45) is 0.937. The lowest BCUT2D eigenvalue weighted by Gasteiger charge is -2.38. The molecule has 0 unspecified atom stereocenters. The predicted molar refractivity (Wildman–Crippen MR) is 143 cm³/mol. The molecule has 4 rings (SSSR count). The molecule has 0 radical (unpaired) electrons. The summed E-state index contributed by atoms with van der Waals surface area (Å²) in [6.45, 7) is 6.51. The van der Waals surface area contributed by atoms with Crippen LogP contribution in [-0.2, 0) is 17.8 Å². The zero-order valence-electron chi connectivity index (χ0n) is 20.9. The summed E-state index contributed by atoms with van der Waals surface area (Å²) < 4.78 is 10.6. The monoisotopic (exact) mass is 493 g/mol. The van der Waals surface area contributed by atoms with Gasteiger partial charge in [-0.05, 0) is 66.8 Å². The van der Waals surface area contributed by atoms with E-state index >= 15 is 0 Å². The van der Waals surface area contributed by atoms with Gasteiger partial charge in [0.1, 0.15) is 11.5 Å². The fourth-order valence-corrected chi connectivity index (χ4v) is 5.29. The second kappa shape index (κ2) is 12.1. The average molecular weight is 494 g/mol. The number of thiophene rings is 1. The van der Waals surface area contributed by atoms with Crippen molar-refractivity contribution in [3.8, 4) is 11.5 Å². The SMILES string of the molecule is COc1ccc(CN(CC(=O)N2CCN(c3ccc(OC)cc3)CC2)[C@@H](C)Cc2cccs2)cc1. The van der Waals surface area contributed by atoms with Gasteiger partial charge in [-0.3, -0.25) is 9.69 Å². The fourth-order valence-electron chi connectivity index (χ4n) is 4.46. The first-order valence-electron chi connectivity index (χ1n) is 12.1. The van der Waals surface area contributed by atoms with Crippen molar-refractivity contribution in [1.29, 1.82) is 0 Å². The molecular weight excluding hydrogens is 458 g/mol. The molecule has 0 spiro atoms. The number of nitrogens with zero attached hydrogens (tertiary/aromatic N) is 3. The Morgan fingerprint density at radius 2 is 1.57 bits per heavy atom. The zero-order chi connectivity index (χ0) is 24.6. The van der Waals surface area contributed by atoms with Crippen LogP contribution in [0.3, 0.4) is 0 Å². The number of amides is 1. The number of hydrogen-bond acceptors (Lipinski definition) is 6. The molecule has 1 amide bonds. The highest BCUT2D eigenvalue weighted by Crippen LogP contribution is 2.22. The van der Waals surface area contributed by atoms with E-state index in [1.54, 1.807) is 25.6 Å². The van der Waals surface area contributed by atoms with Gasteiger partial charge >= 0.3 is 0 Å². The van der Waals surface area contributed by atoms with Crippen molar-refractivity contribution in [2.45, 2.75) is 25.9 Å². The number of methoxy groups -OCH3 is 2. The van der Waals surface area contributed by atoms with Crippen LogP contribution in [0.5, 0.6) is 11.5 Å². The minimum Gasteiger partial charge on any atom is -0.497 e. The Bertz CT molecular complexity index is 1050. The molecule has 0 saturated carbocycles. The minimum atomic E-state index is 0.200. The van der Waals surface area contributed by atoms with Crippen molar-refractivity contribution >= 4 is 22.9 Å². The molecule has 0 bridgehead atoms. The molecule has 0 N–H and O–H groups in total. The quantitative estimate of drug-likeness (QED) is 0.415. The summed E-state index contributed by atoms with van der Waals surface area (Å²) in [5.41, 5.74) is 2.35. The normalized spacial score (nSPS) is 14.7.